The lowest BCUT2D eigenvalue weighted by molar-refractivity contribution is 0.196. The monoisotopic (exact) mass is 378 g/mol. The van der Waals surface area contributed by atoms with Crippen LogP contribution in [0.5, 0.6) is 0 Å². The van der Waals surface area contributed by atoms with Crippen LogP contribution < -0.4 is 5.73 Å². The highest BCUT2D eigenvalue weighted by Gasteiger charge is 2.26. The van der Waals surface area contributed by atoms with Gasteiger partial charge in [0.1, 0.15) is 11.6 Å². The average Bonchev–Trinajstić information content (AvgIpc) is 3.05. The third kappa shape index (κ3) is 3.08. The molecule has 2 aliphatic rings. The number of nitrogens with zero attached hydrogens (tertiary/aromatic N) is 3. The molecule has 1 saturated heterocycles. The molecule has 1 fully saturated rings. The standard InChI is InChI=1S/C23H27FN4/c1-15-2-3-18-12-19(24)13-21-23(18)28(15)22(26-21)14-27-10-8-17(9-11-27)16-4-6-20(25)7-5-16/h4-7,12-13,15,17H,2-3,8-11,14,25H2,1H3. The second-order valence-corrected chi connectivity index (χ2v) is 8.44. The number of hydrogen-bond acceptors (Lipinski definition) is 3. The van der Waals surface area contributed by atoms with Crippen molar-refractivity contribution in [3.8, 4) is 0 Å². The van der Waals surface area contributed by atoms with Gasteiger partial charge in [0.15, 0.2) is 0 Å². The Balaban J connectivity index is 1.35. The number of nitrogen functional groups attached to an aromatic ring is 1. The molecular weight excluding hydrogens is 351 g/mol. The summed E-state index contributed by atoms with van der Waals surface area (Å²) < 4.78 is 16.3. The van der Waals surface area contributed by atoms with E-state index in [2.05, 4.69) is 28.5 Å². The van der Waals surface area contributed by atoms with Crippen molar-refractivity contribution < 1.29 is 4.39 Å². The topological polar surface area (TPSA) is 47.1 Å². The molecule has 1 aromatic heterocycles. The molecule has 5 rings (SSSR count). The van der Waals surface area contributed by atoms with E-state index in [1.807, 2.05) is 12.1 Å². The molecule has 5 heteroatoms. The number of likely N-dealkylation sites (tertiary alicyclic amines) is 1. The highest BCUT2D eigenvalue weighted by Crippen LogP contribution is 2.34. The van der Waals surface area contributed by atoms with Crippen LogP contribution in [0.25, 0.3) is 11.0 Å². The number of imidazole rings is 1. The number of halogens is 1. The molecule has 28 heavy (non-hydrogen) atoms. The fraction of sp³-hybridized carbons (Fsp3) is 0.435. The maximum absolute atomic E-state index is 14.0. The Bertz CT molecular complexity index is 1000. The van der Waals surface area contributed by atoms with Gasteiger partial charge < -0.3 is 10.3 Å². The van der Waals surface area contributed by atoms with Gasteiger partial charge in [-0.3, -0.25) is 4.90 Å². The van der Waals surface area contributed by atoms with E-state index in [4.69, 9.17) is 10.7 Å². The van der Waals surface area contributed by atoms with Crippen LogP contribution in [0.1, 0.15) is 55.1 Å². The van der Waals surface area contributed by atoms with Gasteiger partial charge >= 0.3 is 0 Å². The summed E-state index contributed by atoms with van der Waals surface area (Å²) in [5.74, 6) is 1.52. The number of aryl methyl sites for hydroxylation is 1. The molecule has 3 heterocycles. The molecule has 2 aliphatic heterocycles. The quantitative estimate of drug-likeness (QED) is 0.675. The minimum absolute atomic E-state index is 0.169. The molecular formula is C23H27FN4. The van der Waals surface area contributed by atoms with E-state index < -0.39 is 0 Å². The van der Waals surface area contributed by atoms with Crippen LogP contribution in [0.2, 0.25) is 0 Å². The predicted molar refractivity (Wildman–Crippen MR) is 111 cm³/mol. The zero-order valence-electron chi connectivity index (χ0n) is 16.4. The van der Waals surface area contributed by atoms with Gasteiger partial charge in [-0.25, -0.2) is 9.37 Å². The number of aromatic nitrogens is 2. The highest BCUT2D eigenvalue weighted by atomic mass is 19.1. The molecule has 0 aliphatic carbocycles. The van der Waals surface area contributed by atoms with Crippen molar-refractivity contribution in [2.45, 2.75) is 51.1 Å². The molecule has 2 aromatic carbocycles. The minimum atomic E-state index is -0.169. The first-order valence-electron chi connectivity index (χ1n) is 10.4. The average molecular weight is 378 g/mol. The molecule has 0 saturated carbocycles. The summed E-state index contributed by atoms with van der Waals surface area (Å²) in [5, 5.41) is 0. The Labute approximate surface area is 165 Å². The van der Waals surface area contributed by atoms with Crippen LogP contribution in [0.3, 0.4) is 0 Å². The van der Waals surface area contributed by atoms with Gasteiger partial charge in [-0.05, 0) is 80.9 Å². The minimum Gasteiger partial charge on any atom is -0.399 e. The SMILES string of the molecule is CC1CCc2cc(F)cc3nc(CN4CCC(c5ccc(N)cc5)CC4)n1c23. The van der Waals surface area contributed by atoms with Gasteiger partial charge in [0.05, 0.1) is 17.6 Å². The normalized spacial score (nSPS) is 20.7. The van der Waals surface area contributed by atoms with E-state index >= 15 is 0 Å². The van der Waals surface area contributed by atoms with Crippen molar-refractivity contribution in [3.63, 3.8) is 0 Å². The van der Waals surface area contributed by atoms with Gasteiger partial charge in [0.25, 0.3) is 0 Å². The molecule has 4 nitrogen and oxygen atoms in total. The largest absolute Gasteiger partial charge is 0.399 e. The molecule has 3 aromatic rings. The van der Waals surface area contributed by atoms with E-state index in [9.17, 15) is 4.39 Å². The van der Waals surface area contributed by atoms with Crippen LogP contribution in [0.4, 0.5) is 10.1 Å². The Morgan fingerprint density at radius 2 is 1.86 bits per heavy atom. The lowest BCUT2D eigenvalue weighted by Gasteiger charge is -2.33. The van der Waals surface area contributed by atoms with Crippen molar-refractivity contribution in [1.29, 1.82) is 0 Å². The number of hydrogen-bond donors (Lipinski definition) is 1. The third-order valence-electron chi connectivity index (χ3n) is 6.53. The zero-order valence-corrected chi connectivity index (χ0v) is 16.4. The van der Waals surface area contributed by atoms with Crippen molar-refractivity contribution in [3.05, 3.63) is 59.2 Å². The number of rotatable bonds is 3. The number of benzene rings is 2. The fourth-order valence-electron chi connectivity index (χ4n) is 4.99. The van der Waals surface area contributed by atoms with Crippen LogP contribution in [-0.4, -0.2) is 27.5 Å². The summed E-state index contributed by atoms with van der Waals surface area (Å²) >= 11 is 0. The summed E-state index contributed by atoms with van der Waals surface area (Å²) in [6, 6.07) is 12.0. The predicted octanol–water partition coefficient (Wildman–Crippen LogP) is 4.64. The van der Waals surface area contributed by atoms with Crippen LogP contribution in [0, 0.1) is 5.82 Å². The first kappa shape index (κ1) is 17.7. The summed E-state index contributed by atoms with van der Waals surface area (Å²) in [7, 11) is 0. The summed E-state index contributed by atoms with van der Waals surface area (Å²) in [5.41, 5.74) is 11.1. The van der Waals surface area contributed by atoms with E-state index in [0.717, 1.165) is 73.4 Å². The first-order valence-corrected chi connectivity index (χ1v) is 10.4. The molecule has 2 N–H and O–H groups in total. The molecule has 146 valence electrons. The first-order chi connectivity index (χ1) is 13.6. The summed E-state index contributed by atoms with van der Waals surface area (Å²) in [6.07, 6.45) is 4.29. The summed E-state index contributed by atoms with van der Waals surface area (Å²) in [4.78, 5) is 7.34. The van der Waals surface area contributed by atoms with Gasteiger partial charge in [-0.2, -0.15) is 0 Å². The van der Waals surface area contributed by atoms with Crippen molar-refractivity contribution in [2.75, 3.05) is 18.8 Å². The number of nitrogens with two attached hydrogens (primary N) is 1. The van der Waals surface area contributed by atoms with Gasteiger partial charge in [-0.1, -0.05) is 12.1 Å². The second-order valence-electron chi connectivity index (χ2n) is 8.44. The van der Waals surface area contributed by atoms with Gasteiger partial charge in [0.2, 0.25) is 0 Å². The molecule has 0 radical (unpaired) electrons. The Hall–Kier alpha value is -2.40. The van der Waals surface area contributed by atoms with Crippen molar-refractivity contribution in [1.82, 2.24) is 14.5 Å². The smallest absolute Gasteiger partial charge is 0.125 e. The van der Waals surface area contributed by atoms with E-state index in [1.54, 1.807) is 12.1 Å². The molecule has 1 unspecified atom stereocenters. The van der Waals surface area contributed by atoms with Crippen LogP contribution in [-0.2, 0) is 13.0 Å². The Kier molecular flexibility index (Phi) is 4.35. The van der Waals surface area contributed by atoms with Crippen LogP contribution in [0.15, 0.2) is 36.4 Å². The maximum Gasteiger partial charge on any atom is 0.125 e. The third-order valence-corrected chi connectivity index (χ3v) is 6.53. The number of piperidine rings is 1. The van der Waals surface area contributed by atoms with Crippen molar-refractivity contribution >= 4 is 16.7 Å². The van der Waals surface area contributed by atoms with E-state index in [-0.39, 0.29) is 5.82 Å². The Morgan fingerprint density at radius 3 is 2.61 bits per heavy atom. The van der Waals surface area contributed by atoms with Gasteiger partial charge in [-0.15, -0.1) is 0 Å². The lowest BCUT2D eigenvalue weighted by Crippen LogP contribution is -2.33. The maximum atomic E-state index is 14.0. The molecule has 1 atom stereocenters. The lowest BCUT2D eigenvalue weighted by atomic mass is 9.89. The fourth-order valence-corrected chi connectivity index (χ4v) is 4.99. The molecule has 0 spiro atoms. The molecule has 0 amide bonds. The second kappa shape index (κ2) is 6.89. The zero-order chi connectivity index (χ0) is 19.3. The van der Waals surface area contributed by atoms with E-state index in [0.29, 0.717) is 12.0 Å². The van der Waals surface area contributed by atoms with Gasteiger partial charge in [0, 0.05) is 17.8 Å². The highest BCUT2D eigenvalue weighted by molar-refractivity contribution is 5.80. The van der Waals surface area contributed by atoms with Crippen LogP contribution >= 0.6 is 0 Å². The number of anilines is 1. The van der Waals surface area contributed by atoms with E-state index in [1.165, 1.54) is 5.56 Å². The summed E-state index contributed by atoms with van der Waals surface area (Å²) in [6.45, 7) is 5.22. The molecule has 0 bridgehead atoms. The van der Waals surface area contributed by atoms with Crippen molar-refractivity contribution in [2.24, 2.45) is 0 Å². The Morgan fingerprint density at radius 1 is 1.11 bits per heavy atom.